The number of aryl methyl sites for hydroxylation is 2. The number of rotatable bonds is 9. The number of carboxylic acid groups (broad SMARTS) is 1. The van der Waals surface area contributed by atoms with E-state index < -0.39 is 17.2 Å². The van der Waals surface area contributed by atoms with Crippen LogP contribution in [0.25, 0.3) is 16.5 Å². The first kappa shape index (κ1) is 32.6. The van der Waals surface area contributed by atoms with Crippen molar-refractivity contribution in [2.45, 2.75) is 54.5 Å². The molecule has 0 fully saturated rings. The van der Waals surface area contributed by atoms with Crippen LogP contribution in [-0.4, -0.2) is 54.3 Å². The molecule has 6 nitrogen and oxygen atoms in total. The van der Waals surface area contributed by atoms with Gasteiger partial charge in [-0.05, 0) is 64.5 Å². The second-order valence-corrected chi connectivity index (χ2v) is 8.96. The number of halogens is 1. The largest absolute Gasteiger partial charge is 0.477 e. The molecule has 1 heterocycles. The Bertz CT molecular complexity index is 1280. The maximum atomic E-state index is 14.7. The van der Waals surface area contributed by atoms with E-state index in [9.17, 15) is 19.1 Å². The van der Waals surface area contributed by atoms with Gasteiger partial charge in [-0.3, -0.25) is 4.79 Å². The lowest BCUT2D eigenvalue weighted by Gasteiger charge is -2.26. The van der Waals surface area contributed by atoms with E-state index in [-0.39, 0.29) is 10.9 Å². The number of benzene rings is 2. The SMILES string of the molecule is C=C(C)c1ccccc1CC.CC.CCN(CCN(C)C)c1cc2c(cc1F)c(=O)c(C(=O)O)cn2CC. The molecule has 0 aliphatic carbocycles. The molecule has 208 valence electrons. The summed E-state index contributed by atoms with van der Waals surface area (Å²) in [5.41, 5.74) is 3.80. The summed E-state index contributed by atoms with van der Waals surface area (Å²) in [4.78, 5) is 27.6. The second kappa shape index (κ2) is 15.7. The summed E-state index contributed by atoms with van der Waals surface area (Å²) in [6.45, 7) is 18.5. The van der Waals surface area contributed by atoms with Crippen LogP contribution in [0.2, 0.25) is 0 Å². The Kier molecular flexibility index (Phi) is 13.5. The number of aromatic carboxylic acids is 1. The average molecular weight is 526 g/mol. The Balaban J connectivity index is 0.000000463. The number of hydrogen-bond acceptors (Lipinski definition) is 4. The number of hydrogen-bond donors (Lipinski definition) is 1. The minimum Gasteiger partial charge on any atom is -0.477 e. The lowest BCUT2D eigenvalue weighted by atomic mass is 10.0. The van der Waals surface area contributed by atoms with E-state index >= 15 is 0 Å². The van der Waals surface area contributed by atoms with Crippen LogP contribution in [0.5, 0.6) is 0 Å². The van der Waals surface area contributed by atoms with E-state index in [1.54, 1.807) is 10.6 Å². The summed E-state index contributed by atoms with van der Waals surface area (Å²) in [5, 5.41) is 9.29. The van der Waals surface area contributed by atoms with Crippen molar-refractivity contribution >= 4 is 28.1 Å². The predicted molar refractivity (Wildman–Crippen MR) is 159 cm³/mol. The molecule has 0 saturated heterocycles. The number of allylic oxidation sites excluding steroid dienone is 1. The van der Waals surface area contributed by atoms with E-state index in [4.69, 9.17) is 0 Å². The third-order valence-electron chi connectivity index (χ3n) is 6.12. The van der Waals surface area contributed by atoms with E-state index in [0.29, 0.717) is 30.8 Å². The molecule has 0 aliphatic heterocycles. The number of likely N-dealkylation sites (N-methyl/N-ethyl adjacent to an activating group) is 2. The van der Waals surface area contributed by atoms with Crippen molar-refractivity contribution in [2.24, 2.45) is 0 Å². The summed E-state index contributed by atoms with van der Waals surface area (Å²) in [5.74, 6) is -1.82. The first-order valence-corrected chi connectivity index (χ1v) is 13.3. The number of aromatic nitrogens is 1. The van der Waals surface area contributed by atoms with Crippen LogP contribution in [0.3, 0.4) is 0 Å². The molecule has 0 amide bonds. The Hall–Kier alpha value is -3.45. The van der Waals surface area contributed by atoms with E-state index in [1.165, 1.54) is 17.3 Å². The predicted octanol–water partition coefficient (Wildman–Crippen LogP) is 6.55. The van der Waals surface area contributed by atoms with Gasteiger partial charge in [0.2, 0.25) is 5.43 Å². The van der Waals surface area contributed by atoms with Gasteiger partial charge in [-0.2, -0.15) is 0 Å². The Morgan fingerprint density at radius 2 is 1.68 bits per heavy atom. The van der Waals surface area contributed by atoms with Crippen molar-refractivity contribution in [3.05, 3.63) is 81.9 Å². The minimum atomic E-state index is -1.31. The number of pyridine rings is 1. The Morgan fingerprint density at radius 1 is 1.05 bits per heavy atom. The third kappa shape index (κ3) is 8.28. The fourth-order valence-corrected chi connectivity index (χ4v) is 4.07. The van der Waals surface area contributed by atoms with E-state index in [2.05, 4.69) is 44.7 Å². The van der Waals surface area contributed by atoms with Gasteiger partial charge in [0.05, 0.1) is 11.2 Å². The molecule has 2 aromatic carbocycles. The number of anilines is 1. The average Bonchev–Trinajstić information content (AvgIpc) is 2.91. The molecule has 7 heteroatoms. The van der Waals surface area contributed by atoms with E-state index in [0.717, 1.165) is 24.6 Å². The van der Waals surface area contributed by atoms with Crippen LogP contribution in [0.1, 0.15) is 63.0 Å². The number of carboxylic acids is 1. The normalized spacial score (nSPS) is 10.4. The van der Waals surface area contributed by atoms with Gasteiger partial charge in [0.1, 0.15) is 11.4 Å². The zero-order valence-electron chi connectivity index (χ0n) is 24.3. The topological polar surface area (TPSA) is 65.8 Å². The highest BCUT2D eigenvalue weighted by Crippen LogP contribution is 2.25. The van der Waals surface area contributed by atoms with Crippen LogP contribution in [0.15, 0.2) is 54.0 Å². The standard InChI is InChI=1S/C18H24FN3O3.C11H14.C2H6/c1-5-21(8-7-20(3)4)16-10-15-12(9-14(16)19)17(23)13(18(24)25)11-22(15)6-2;1-4-10-7-5-6-8-11(10)9(2)3;1-2/h9-11H,5-8H2,1-4H3,(H,24,25);5-8H,2,4H2,1,3H3;1-2H3. The molecule has 0 aliphatic rings. The zero-order valence-corrected chi connectivity index (χ0v) is 24.3. The number of carbonyl (C=O) groups is 1. The van der Waals surface area contributed by atoms with Gasteiger partial charge in [0.15, 0.2) is 0 Å². The molecule has 1 aromatic heterocycles. The quantitative estimate of drug-likeness (QED) is 0.343. The van der Waals surface area contributed by atoms with Crippen molar-refractivity contribution in [3.63, 3.8) is 0 Å². The molecule has 38 heavy (non-hydrogen) atoms. The van der Waals surface area contributed by atoms with Gasteiger partial charge in [-0.25, -0.2) is 9.18 Å². The smallest absolute Gasteiger partial charge is 0.341 e. The summed E-state index contributed by atoms with van der Waals surface area (Å²) in [6, 6.07) is 11.2. The second-order valence-electron chi connectivity index (χ2n) is 8.96. The molecule has 3 aromatic rings. The Labute approximate surface area is 227 Å². The van der Waals surface area contributed by atoms with Crippen LogP contribution < -0.4 is 10.3 Å². The zero-order chi connectivity index (χ0) is 29.0. The van der Waals surface area contributed by atoms with Crippen molar-refractivity contribution in [1.82, 2.24) is 9.47 Å². The monoisotopic (exact) mass is 525 g/mol. The summed E-state index contributed by atoms with van der Waals surface area (Å²) < 4.78 is 16.3. The van der Waals surface area contributed by atoms with Crippen LogP contribution in [0.4, 0.5) is 10.1 Å². The maximum absolute atomic E-state index is 14.7. The van der Waals surface area contributed by atoms with Crippen molar-refractivity contribution in [1.29, 1.82) is 0 Å². The highest BCUT2D eigenvalue weighted by Gasteiger charge is 2.18. The van der Waals surface area contributed by atoms with Crippen LogP contribution in [0, 0.1) is 5.82 Å². The molecular weight excluding hydrogens is 481 g/mol. The fourth-order valence-electron chi connectivity index (χ4n) is 4.07. The molecule has 3 rings (SSSR count). The molecule has 0 spiro atoms. The van der Waals surface area contributed by atoms with Gasteiger partial charge < -0.3 is 19.5 Å². The summed E-state index contributed by atoms with van der Waals surface area (Å²) in [7, 11) is 3.90. The lowest BCUT2D eigenvalue weighted by Crippen LogP contribution is -2.32. The van der Waals surface area contributed by atoms with Crippen molar-refractivity contribution in [2.75, 3.05) is 38.6 Å². The fraction of sp³-hybridized carbons (Fsp3) is 0.419. The third-order valence-corrected chi connectivity index (χ3v) is 6.12. The van der Waals surface area contributed by atoms with Crippen molar-refractivity contribution < 1.29 is 14.3 Å². The lowest BCUT2D eigenvalue weighted by molar-refractivity contribution is 0.0695. The summed E-state index contributed by atoms with van der Waals surface area (Å²) in [6.07, 6.45) is 2.41. The van der Waals surface area contributed by atoms with Gasteiger partial charge in [-0.1, -0.05) is 57.2 Å². The molecule has 0 radical (unpaired) electrons. The molecule has 1 N–H and O–H groups in total. The van der Waals surface area contributed by atoms with Crippen LogP contribution in [-0.2, 0) is 13.0 Å². The van der Waals surface area contributed by atoms with Gasteiger partial charge in [-0.15, -0.1) is 0 Å². The maximum Gasteiger partial charge on any atom is 0.341 e. The molecule has 0 atom stereocenters. The molecule has 0 saturated carbocycles. The Morgan fingerprint density at radius 3 is 2.16 bits per heavy atom. The van der Waals surface area contributed by atoms with Crippen LogP contribution >= 0.6 is 0 Å². The molecule has 0 unspecified atom stereocenters. The highest BCUT2D eigenvalue weighted by atomic mass is 19.1. The minimum absolute atomic E-state index is 0.0895. The number of fused-ring (bicyclic) bond motifs is 1. The first-order valence-electron chi connectivity index (χ1n) is 13.3. The highest BCUT2D eigenvalue weighted by molar-refractivity contribution is 5.93. The van der Waals surface area contributed by atoms with Gasteiger partial charge in [0, 0.05) is 37.8 Å². The number of nitrogens with zero attached hydrogens (tertiary/aromatic N) is 3. The van der Waals surface area contributed by atoms with E-state index in [1.807, 2.05) is 51.6 Å². The van der Waals surface area contributed by atoms with Gasteiger partial charge >= 0.3 is 5.97 Å². The van der Waals surface area contributed by atoms with Gasteiger partial charge in [0.25, 0.3) is 0 Å². The van der Waals surface area contributed by atoms with Crippen molar-refractivity contribution in [3.8, 4) is 0 Å². The molecule has 0 bridgehead atoms. The first-order chi connectivity index (χ1) is 18.0. The molecular formula is C31H44FN3O3. The summed E-state index contributed by atoms with van der Waals surface area (Å²) >= 11 is 0.